The van der Waals surface area contributed by atoms with E-state index in [0.717, 1.165) is 5.69 Å². The first-order valence-electron chi connectivity index (χ1n) is 10.1. The van der Waals surface area contributed by atoms with Crippen LogP contribution >= 0.6 is 0 Å². The van der Waals surface area contributed by atoms with Crippen LogP contribution < -0.4 is 15.4 Å². The minimum Gasteiger partial charge on any atom is -0.457 e. The van der Waals surface area contributed by atoms with Crippen LogP contribution in [-0.2, 0) is 0 Å². The first-order valence-corrected chi connectivity index (χ1v) is 10.1. The minimum absolute atomic E-state index is 0. The van der Waals surface area contributed by atoms with Gasteiger partial charge in [-0.05, 0) is 54.3 Å². The third-order valence-corrected chi connectivity index (χ3v) is 4.94. The largest absolute Gasteiger partial charge is 0.457 e. The summed E-state index contributed by atoms with van der Waals surface area (Å²) in [6.45, 7) is 6.46. The quantitative estimate of drug-likeness (QED) is 0.395. The molecular formula is C24H28N4O3. The molecule has 0 aliphatic rings. The lowest BCUT2D eigenvalue weighted by Gasteiger charge is -2.11. The normalized spacial score (nSPS) is 11.0. The zero-order chi connectivity index (χ0) is 22.0. The number of hydrogen-bond donors (Lipinski definition) is 2. The maximum absolute atomic E-state index is 11.8. The molecule has 7 nitrogen and oxygen atoms in total. The summed E-state index contributed by atoms with van der Waals surface area (Å²) in [7, 11) is 1.56. The highest BCUT2D eigenvalue weighted by Crippen LogP contribution is 2.29. The second-order valence-corrected chi connectivity index (χ2v) is 7.56. The number of carbonyl (C=O) groups is 1. The number of ether oxygens (including phenoxy) is 1. The highest BCUT2D eigenvalue weighted by molar-refractivity contribution is 5.92. The molecule has 0 radical (unpaired) electrons. The van der Waals surface area contributed by atoms with Crippen LogP contribution in [0.3, 0.4) is 0 Å². The molecule has 0 atom stereocenters. The lowest BCUT2D eigenvalue weighted by atomic mass is 9.97. The van der Waals surface area contributed by atoms with Crippen LogP contribution in [0, 0.1) is 6.92 Å². The van der Waals surface area contributed by atoms with E-state index in [4.69, 9.17) is 9.15 Å². The molecule has 7 heteroatoms. The number of pyridine rings is 1. The zero-order valence-corrected chi connectivity index (χ0v) is 17.9. The van der Waals surface area contributed by atoms with Gasteiger partial charge in [-0.3, -0.25) is 9.78 Å². The van der Waals surface area contributed by atoms with Crippen LogP contribution in [0.15, 0.2) is 59.1 Å². The van der Waals surface area contributed by atoms with E-state index in [2.05, 4.69) is 53.5 Å². The molecule has 2 aromatic carbocycles. The number of carbonyl (C=O) groups excluding carboxylic acids is 1. The Morgan fingerprint density at radius 3 is 2.68 bits per heavy atom. The van der Waals surface area contributed by atoms with Gasteiger partial charge in [-0.15, -0.1) is 0 Å². The fraction of sp³-hybridized carbons (Fsp3) is 0.208. The van der Waals surface area contributed by atoms with Crippen molar-refractivity contribution in [3.63, 3.8) is 0 Å². The predicted molar refractivity (Wildman–Crippen MR) is 124 cm³/mol. The van der Waals surface area contributed by atoms with Crippen LogP contribution in [0.2, 0.25) is 0 Å². The van der Waals surface area contributed by atoms with Crippen molar-refractivity contribution in [3.8, 4) is 11.5 Å². The van der Waals surface area contributed by atoms with Gasteiger partial charge in [0.25, 0.3) is 11.9 Å². The summed E-state index contributed by atoms with van der Waals surface area (Å²) in [5.41, 5.74) is 5.06. The van der Waals surface area contributed by atoms with E-state index in [1.54, 1.807) is 37.4 Å². The number of fused-ring (bicyclic) bond motifs is 1. The molecule has 0 spiro atoms. The molecule has 2 heterocycles. The third kappa shape index (κ3) is 4.50. The fourth-order valence-electron chi connectivity index (χ4n) is 3.35. The van der Waals surface area contributed by atoms with Crippen molar-refractivity contribution < 1.29 is 16.8 Å². The number of nitrogens with zero attached hydrogens (tertiary/aromatic N) is 2. The molecule has 4 rings (SSSR count). The Morgan fingerprint density at radius 2 is 1.90 bits per heavy atom. The van der Waals surface area contributed by atoms with Crippen LogP contribution in [0.1, 0.15) is 44.2 Å². The van der Waals surface area contributed by atoms with Crippen molar-refractivity contribution in [2.45, 2.75) is 26.7 Å². The molecule has 0 unspecified atom stereocenters. The van der Waals surface area contributed by atoms with Gasteiger partial charge in [-0.1, -0.05) is 19.9 Å². The monoisotopic (exact) mass is 420 g/mol. The van der Waals surface area contributed by atoms with Crippen LogP contribution in [0.4, 0.5) is 11.7 Å². The van der Waals surface area contributed by atoms with Gasteiger partial charge in [0.1, 0.15) is 22.7 Å². The molecule has 0 bridgehead atoms. The van der Waals surface area contributed by atoms with E-state index in [0.29, 0.717) is 34.5 Å². The Morgan fingerprint density at radius 1 is 1.10 bits per heavy atom. The van der Waals surface area contributed by atoms with Gasteiger partial charge in [0.05, 0.1) is 0 Å². The average molecular weight is 421 g/mol. The Bertz CT molecular complexity index is 1260. The summed E-state index contributed by atoms with van der Waals surface area (Å²) in [6.07, 6.45) is 1.53. The smallest absolute Gasteiger partial charge is 0.300 e. The number of nitrogens with one attached hydrogen (secondary N) is 2. The van der Waals surface area contributed by atoms with Crippen molar-refractivity contribution >= 4 is 28.7 Å². The molecule has 4 aromatic rings. The van der Waals surface area contributed by atoms with Crippen LogP contribution in [0.5, 0.6) is 11.5 Å². The van der Waals surface area contributed by atoms with E-state index < -0.39 is 0 Å². The van der Waals surface area contributed by atoms with Crippen molar-refractivity contribution in [2.75, 3.05) is 12.4 Å². The first kappa shape index (κ1) is 20.4. The number of aryl methyl sites for hydroxylation is 1. The van der Waals surface area contributed by atoms with E-state index >= 15 is 0 Å². The molecule has 31 heavy (non-hydrogen) atoms. The third-order valence-electron chi connectivity index (χ3n) is 4.94. The van der Waals surface area contributed by atoms with Gasteiger partial charge < -0.3 is 19.8 Å². The summed E-state index contributed by atoms with van der Waals surface area (Å²) in [6, 6.07) is 15.3. The topological polar surface area (TPSA) is 89.3 Å². The summed E-state index contributed by atoms with van der Waals surface area (Å²) in [5, 5.41) is 5.79. The second-order valence-electron chi connectivity index (χ2n) is 7.56. The van der Waals surface area contributed by atoms with Crippen molar-refractivity contribution in [1.82, 2.24) is 15.3 Å². The molecule has 0 fully saturated rings. The van der Waals surface area contributed by atoms with Crippen molar-refractivity contribution in [1.29, 1.82) is 0 Å². The minimum atomic E-state index is -0.273. The SMILES string of the molecule is CNC(=O)c1cc(Oc2ccc3oc(Nc4ccc(C)c(C(C)C)c4)nc3c2)ccn1.[HH].[HH]. The Kier molecular flexibility index (Phi) is 5.58. The molecule has 0 aliphatic carbocycles. The van der Waals surface area contributed by atoms with Crippen molar-refractivity contribution in [3.05, 3.63) is 71.5 Å². The lowest BCUT2D eigenvalue weighted by molar-refractivity contribution is 0.0958. The summed E-state index contributed by atoms with van der Waals surface area (Å²) < 4.78 is 11.7. The Balaban J connectivity index is 0.00000193. The zero-order valence-electron chi connectivity index (χ0n) is 17.9. The van der Waals surface area contributed by atoms with E-state index in [-0.39, 0.29) is 14.5 Å². The maximum atomic E-state index is 11.8. The molecule has 2 aromatic heterocycles. The number of benzene rings is 2. The summed E-state index contributed by atoms with van der Waals surface area (Å²) in [4.78, 5) is 20.3. The summed E-state index contributed by atoms with van der Waals surface area (Å²) in [5.74, 6) is 1.25. The number of oxazole rings is 1. The number of rotatable bonds is 6. The van der Waals surface area contributed by atoms with Gasteiger partial charge in [0, 0.05) is 33.9 Å². The molecule has 162 valence electrons. The maximum Gasteiger partial charge on any atom is 0.300 e. The highest BCUT2D eigenvalue weighted by Gasteiger charge is 2.11. The van der Waals surface area contributed by atoms with E-state index in [9.17, 15) is 4.79 Å². The van der Waals surface area contributed by atoms with Gasteiger partial charge in [-0.25, -0.2) is 0 Å². The molecule has 0 aliphatic heterocycles. The molecule has 0 saturated heterocycles. The predicted octanol–water partition coefficient (Wildman–Crippen LogP) is 6.04. The van der Waals surface area contributed by atoms with Crippen molar-refractivity contribution in [2.24, 2.45) is 0 Å². The van der Waals surface area contributed by atoms with Gasteiger partial charge >= 0.3 is 0 Å². The van der Waals surface area contributed by atoms with E-state index in [1.165, 1.54) is 17.3 Å². The Labute approximate surface area is 183 Å². The number of hydrogen-bond acceptors (Lipinski definition) is 6. The van der Waals surface area contributed by atoms with Gasteiger partial charge in [-0.2, -0.15) is 4.98 Å². The average Bonchev–Trinajstić information content (AvgIpc) is 3.16. The Hall–Kier alpha value is -3.87. The number of aromatic nitrogens is 2. The molecule has 1 amide bonds. The lowest BCUT2D eigenvalue weighted by Crippen LogP contribution is -2.18. The fourth-order valence-corrected chi connectivity index (χ4v) is 3.35. The number of amides is 1. The first-order chi connectivity index (χ1) is 14.9. The molecular weight excluding hydrogens is 392 g/mol. The van der Waals surface area contributed by atoms with Crippen LogP contribution in [-0.4, -0.2) is 22.9 Å². The summed E-state index contributed by atoms with van der Waals surface area (Å²) >= 11 is 0. The second kappa shape index (κ2) is 8.47. The highest BCUT2D eigenvalue weighted by atomic mass is 16.5. The van der Waals surface area contributed by atoms with Gasteiger partial charge in [0.15, 0.2) is 5.58 Å². The van der Waals surface area contributed by atoms with Crippen LogP contribution in [0.25, 0.3) is 11.1 Å². The standard InChI is InChI=1S/C24H24N4O3.2H2/c1-14(2)19-11-16(6-5-15(19)3)27-24-28-20-12-17(7-8-22(20)31-24)30-18-9-10-26-21(13-18)23(29)25-4;;/h5-14H,1-4H3,(H,25,29)(H,27,28);2*1H. The molecule has 0 saturated carbocycles. The number of anilines is 2. The molecule has 2 N–H and O–H groups in total. The van der Waals surface area contributed by atoms with E-state index in [1.807, 2.05) is 6.07 Å². The van der Waals surface area contributed by atoms with Gasteiger partial charge in [0.2, 0.25) is 0 Å².